The summed E-state index contributed by atoms with van der Waals surface area (Å²) in [5.74, 6) is 0. The molecule has 0 bridgehead atoms. The zero-order chi connectivity index (χ0) is 10.9. The molecule has 0 aliphatic rings. The Kier molecular flexibility index (Phi) is 2.92. The fourth-order valence-corrected chi connectivity index (χ4v) is 1.46. The molecule has 0 radical (unpaired) electrons. The van der Waals surface area contributed by atoms with Crippen molar-refractivity contribution in [2.75, 3.05) is 5.73 Å². The van der Waals surface area contributed by atoms with Gasteiger partial charge in [-0.05, 0) is 17.7 Å². The van der Waals surface area contributed by atoms with Gasteiger partial charge in [0.1, 0.15) is 0 Å². The first-order chi connectivity index (χ1) is 6.36. The zero-order valence-electron chi connectivity index (χ0n) is 7.03. The van der Waals surface area contributed by atoms with Crippen LogP contribution in [0.5, 0.6) is 0 Å². The van der Waals surface area contributed by atoms with E-state index in [0.717, 1.165) is 0 Å². The van der Waals surface area contributed by atoms with Gasteiger partial charge in [0.2, 0.25) is 0 Å². The van der Waals surface area contributed by atoms with Crippen molar-refractivity contribution < 1.29 is 13.2 Å². The molecule has 0 aliphatic carbocycles. The van der Waals surface area contributed by atoms with E-state index >= 15 is 0 Å². The Morgan fingerprint density at radius 3 is 2.21 bits per heavy atom. The second kappa shape index (κ2) is 3.67. The molecule has 6 heteroatoms. The molecule has 2 nitrogen and oxygen atoms in total. The predicted molar refractivity (Wildman–Crippen MR) is 48.8 cm³/mol. The van der Waals surface area contributed by atoms with Crippen molar-refractivity contribution >= 4 is 17.3 Å². The standard InChI is InChI=1S/C8H8ClF3N2/c9-5-1-4(3-13)2-6(14)7(5)8(10,11)12/h1-2H,3,13-14H2. The van der Waals surface area contributed by atoms with E-state index in [2.05, 4.69) is 0 Å². The number of rotatable bonds is 1. The van der Waals surface area contributed by atoms with Crippen molar-refractivity contribution in [1.82, 2.24) is 0 Å². The molecule has 0 unspecified atom stereocenters. The van der Waals surface area contributed by atoms with Crippen LogP contribution in [-0.2, 0) is 12.7 Å². The van der Waals surface area contributed by atoms with Crippen LogP contribution in [0.4, 0.5) is 18.9 Å². The quantitative estimate of drug-likeness (QED) is 0.720. The van der Waals surface area contributed by atoms with Gasteiger partial charge >= 0.3 is 6.18 Å². The third-order valence-corrected chi connectivity index (χ3v) is 2.00. The molecular formula is C8H8ClF3N2. The number of halogens is 4. The zero-order valence-corrected chi connectivity index (χ0v) is 7.78. The number of benzene rings is 1. The Labute approximate surface area is 83.6 Å². The highest BCUT2D eigenvalue weighted by atomic mass is 35.5. The first-order valence-electron chi connectivity index (χ1n) is 3.71. The highest BCUT2D eigenvalue weighted by molar-refractivity contribution is 6.31. The third-order valence-electron chi connectivity index (χ3n) is 1.70. The summed E-state index contributed by atoms with van der Waals surface area (Å²) >= 11 is 5.44. The van der Waals surface area contributed by atoms with Crippen LogP contribution in [0.3, 0.4) is 0 Å². The van der Waals surface area contributed by atoms with Crippen LogP contribution in [0.1, 0.15) is 11.1 Å². The summed E-state index contributed by atoms with van der Waals surface area (Å²) in [4.78, 5) is 0. The van der Waals surface area contributed by atoms with Gasteiger partial charge in [-0.2, -0.15) is 13.2 Å². The summed E-state index contributed by atoms with van der Waals surface area (Å²) in [6.07, 6.45) is -4.53. The van der Waals surface area contributed by atoms with Crippen LogP contribution >= 0.6 is 11.6 Å². The maximum atomic E-state index is 12.3. The Morgan fingerprint density at radius 1 is 1.29 bits per heavy atom. The molecule has 1 aromatic rings. The average molecular weight is 225 g/mol. The molecule has 0 atom stereocenters. The number of anilines is 1. The molecule has 0 fully saturated rings. The highest BCUT2D eigenvalue weighted by Gasteiger charge is 2.35. The van der Waals surface area contributed by atoms with Gasteiger partial charge < -0.3 is 11.5 Å². The lowest BCUT2D eigenvalue weighted by Gasteiger charge is -2.12. The topological polar surface area (TPSA) is 52.0 Å². The fraction of sp³-hybridized carbons (Fsp3) is 0.250. The van der Waals surface area contributed by atoms with Crippen molar-refractivity contribution in [2.45, 2.75) is 12.7 Å². The maximum Gasteiger partial charge on any atom is 0.419 e. The van der Waals surface area contributed by atoms with Crippen LogP contribution in [-0.4, -0.2) is 0 Å². The van der Waals surface area contributed by atoms with Crippen molar-refractivity contribution in [1.29, 1.82) is 0 Å². The molecule has 0 aromatic heterocycles. The van der Waals surface area contributed by atoms with Crippen LogP contribution in [0.15, 0.2) is 12.1 Å². The van der Waals surface area contributed by atoms with E-state index in [9.17, 15) is 13.2 Å². The molecule has 0 saturated carbocycles. The molecule has 78 valence electrons. The lowest BCUT2D eigenvalue weighted by molar-refractivity contribution is -0.136. The van der Waals surface area contributed by atoms with E-state index in [0.29, 0.717) is 5.56 Å². The molecule has 14 heavy (non-hydrogen) atoms. The van der Waals surface area contributed by atoms with E-state index in [1.165, 1.54) is 12.1 Å². The molecule has 0 heterocycles. The van der Waals surface area contributed by atoms with Crippen molar-refractivity contribution in [2.24, 2.45) is 5.73 Å². The van der Waals surface area contributed by atoms with E-state index < -0.39 is 22.4 Å². The van der Waals surface area contributed by atoms with Crippen molar-refractivity contribution in [3.63, 3.8) is 0 Å². The van der Waals surface area contributed by atoms with Gasteiger partial charge in [0.15, 0.2) is 0 Å². The lowest BCUT2D eigenvalue weighted by Crippen LogP contribution is -2.11. The summed E-state index contributed by atoms with van der Waals surface area (Å²) < 4.78 is 37.0. The minimum absolute atomic E-state index is 0.0993. The highest BCUT2D eigenvalue weighted by Crippen LogP contribution is 2.39. The second-order valence-corrected chi connectivity index (χ2v) is 3.15. The summed E-state index contributed by atoms with van der Waals surface area (Å²) in [5, 5.41) is -0.419. The first kappa shape index (κ1) is 11.1. The average Bonchev–Trinajstić information content (AvgIpc) is 1.99. The summed E-state index contributed by atoms with van der Waals surface area (Å²) in [6, 6.07) is 2.34. The molecule has 1 aromatic carbocycles. The Balaban J connectivity index is 3.33. The molecule has 0 amide bonds. The van der Waals surface area contributed by atoms with Crippen molar-refractivity contribution in [3.8, 4) is 0 Å². The largest absolute Gasteiger partial charge is 0.419 e. The Morgan fingerprint density at radius 2 is 1.86 bits per heavy atom. The van der Waals surface area contributed by atoms with E-state index in [1.807, 2.05) is 0 Å². The van der Waals surface area contributed by atoms with E-state index in [4.69, 9.17) is 23.1 Å². The number of nitrogen functional groups attached to an aromatic ring is 1. The van der Waals surface area contributed by atoms with Crippen LogP contribution in [0.2, 0.25) is 5.02 Å². The van der Waals surface area contributed by atoms with Crippen LogP contribution in [0, 0.1) is 0 Å². The molecular weight excluding hydrogens is 217 g/mol. The first-order valence-corrected chi connectivity index (χ1v) is 4.09. The second-order valence-electron chi connectivity index (χ2n) is 2.74. The lowest BCUT2D eigenvalue weighted by atomic mass is 10.1. The molecule has 0 saturated heterocycles. The van der Waals surface area contributed by atoms with Gasteiger partial charge in [0, 0.05) is 12.2 Å². The SMILES string of the molecule is NCc1cc(N)c(C(F)(F)F)c(Cl)c1. The van der Waals surface area contributed by atoms with Gasteiger partial charge in [0.25, 0.3) is 0 Å². The van der Waals surface area contributed by atoms with Crippen LogP contribution < -0.4 is 11.5 Å². The summed E-state index contributed by atoms with van der Waals surface area (Å²) in [7, 11) is 0. The smallest absolute Gasteiger partial charge is 0.398 e. The van der Waals surface area contributed by atoms with E-state index in [1.54, 1.807) is 0 Å². The normalized spacial score (nSPS) is 11.8. The Bertz CT molecular complexity index is 326. The van der Waals surface area contributed by atoms with Crippen LogP contribution in [0.25, 0.3) is 0 Å². The predicted octanol–water partition coefficient (Wildman–Crippen LogP) is 2.40. The van der Waals surface area contributed by atoms with E-state index in [-0.39, 0.29) is 6.54 Å². The Hall–Kier alpha value is -0.940. The number of alkyl halides is 3. The van der Waals surface area contributed by atoms with Crippen molar-refractivity contribution in [3.05, 3.63) is 28.3 Å². The van der Waals surface area contributed by atoms with Gasteiger partial charge in [-0.3, -0.25) is 0 Å². The molecule has 0 spiro atoms. The fourth-order valence-electron chi connectivity index (χ4n) is 1.10. The minimum atomic E-state index is -4.53. The van der Waals surface area contributed by atoms with Gasteiger partial charge in [-0.25, -0.2) is 0 Å². The number of hydrogen-bond acceptors (Lipinski definition) is 2. The monoisotopic (exact) mass is 224 g/mol. The maximum absolute atomic E-state index is 12.3. The molecule has 4 N–H and O–H groups in total. The minimum Gasteiger partial charge on any atom is -0.398 e. The van der Waals surface area contributed by atoms with Gasteiger partial charge in [-0.15, -0.1) is 0 Å². The molecule has 1 rings (SSSR count). The number of nitrogens with two attached hydrogens (primary N) is 2. The molecule has 0 aliphatic heterocycles. The van der Waals surface area contributed by atoms with Gasteiger partial charge in [-0.1, -0.05) is 11.6 Å². The summed E-state index contributed by atoms with van der Waals surface area (Å²) in [6.45, 7) is 0.0993. The third kappa shape index (κ3) is 2.10. The summed E-state index contributed by atoms with van der Waals surface area (Å²) in [5.41, 5.74) is 9.55. The number of hydrogen-bond donors (Lipinski definition) is 2. The van der Waals surface area contributed by atoms with Gasteiger partial charge in [0.05, 0.1) is 10.6 Å².